The summed E-state index contributed by atoms with van der Waals surface area (Å²) in [5.74, 6) is 4.65. The van der Waals surface area contributed by atoms with Crippen molar-refractivity contribution in [2.24, 2.45) is 5.84 Å². The van der Waals surface area contributed by atoms with Gasteiger partial charge in [-0.3, -0.25) is 5.84 Å². The Morgan fingerprint density at radius 3 is 2.70 bits per heavy atom. The first-order chi connectivity index (χ1) is 9.63. The maximum absolute atomic E-state index is 14.4. The average Bonchev–Trinajstić information content (AvgIpc) is 2.67. The van der Waals surface area contributed by atoms with Crippen LogP contribution in [0.3, 0.4) is 0 Å². The highest BCUT2D eigenvalue weighted by Gasteiger charge is 2.22. The first-order valence-corrected chi connectivity index (χ1v) is 6.90. The van der Waals surface area contributed by atoms with Gasteiger partial charge in [-0.15, -0.1) is 0 Å². The second-order valence-electron chi connectivity index (χ2n) is 5.33. The lowest BCUT2D eigenvalue weighted by molar-refractivity contribution is 0.607. The second kappa shape index (κ2) is 4.98. The zero-order valence-electron chi connectivity index (χ0n) is 11.4. The summed E-state index contributed by atoms with van der Waals surface area (Å²) >= 11 is 0. The van der Waals surface area contributed by atoms with Crippen molar-refractivity contribution in [1.82, 2.24) is 4.98 Å². The molecule has 0 unspecified atom stereocenters. The zero-order valence-corrected chi connectivity index (χ0v) is 11.4. The topological polar surface area (TPSA) is 50.9 Å². The number of nitrogens with zero attached hydrogens (tertiary/aromatic N) is 1. The first kappa shape index (κ1) is 13.2. The fourth-order valence-corrected chi connectivity index (χ4v) is 2.98. The van der Waals surface area contributed by atoms with Crippen molar-refractivity contribution < 1.29 is 8.78 Å². The molecule has 20 heavy (non-hydrogen) atoms. The van der Waals surface area contributed by atoms with Gasteiger partial charge < -0.3 is 5.43 Å². The molecule has 0 saturated heterocycles. The lowest BCUT2D eigenvalue weighted by Crippen LogP contribution is -2.13. The zero-order chi connectivity index (χ0) is 14.3. The number of benzene rings is 1. The molecule has 3 nitrogen and oxygen atoms in total. The Morgan fingerprint density at radius 1 is 1.20 bits per heavy atom. The van der Waals surface area contributed by atoms with E-state index in [2.05, 4.69) is 10.4 Å². The molecular formula is C15H17F2N3. The molecule has 5 heteroatoms. The number of hydrogen-bond acceptors (Lipinski definition) is 3. The Bertz CT molecular complexity index is 683. The first-order valence-electron chi connectivity index (χ1n) is 6.90. The highest BCUT2D eigenvalue weighted by molar-refractivity contribution is 5.94. The van der Waals surface area contributed by atoms with Crippen LogP contribution in [0.4, 0.5) is 14.5 Å². The maximum atomic E-state index is 14.4. The van der Waals surface area contributed by atoms with Gasteiger partial charge in [-0.2, -0.15) is 0 Å². The van der Waals surface area contributed by atoms with E-state index in [0.29, 0.717) is 5.69 Å². The van der Waals surface area contributed by atoms with E-state index in [0.717, 1.165) is 43.4 Å². The Labute approximate surface area is 116 Å². The summed E-state index contributed by atoms with van der Waals surface area (Å²) in [5.41, 5.74) is 5.17. The molecule has 3 rings (SSSR count). The highest BCUT2D eigenvalue weighted by Crippen LogP contribution is 2.35. The van der Waals surface area contributed by atoms with E-state index >= 15 is 0 Å². The van der Waals surface area contributed by atoms with Gasteiger partial charge in [0.1, 0.15) is 17.2 Å². The van der Waals surface area contributed by atoms with E-state index < -0.39 is 11.6 Å². The minimum atomic E-state index is -0.498. The van der Waals surface area contributed by atoms with Crippen molar-refractivity contribution in [2.75, 3.05) is 5.43 Å². The van der Waals surface area contributed by atoms with Crippen molar-refractivity contribution in [1.29, 1.82) is 0 Å². The predicted molar refractivity (Wildman–Crippen MR) is 75.5 cm³/mol. The minimum Gasteiger partial charge on any atom is -0.323 e. The number of halogens is 2. The molecule has 0 fully saturated rings. The van der Waals surface area contributed by atoms with Gasteiger partial charge in [-0.1, -0.05) is 6.42 Å². The summed E-state index contributed by atoms with van der Waals surface area (Å²) in [6, 6.07) is 1.19. The largest absolute Gasteiger partial charge is 0.323 e. The molecule has 1 heterocycles. The summed E-state index contributed by atoms with van der Waals surface area (Å²) in [6.07, 6.45) is 4.72. The van der Waals surface area contributed by atoms with Gasteiger partial charge in [-0.25, -0.2) is 13.8 Å². The van der Waals surface area contributed by atoms with Crippen LogP contribution in [0.5, 0.6) is 0 Å². The van der Waals surface area contributed by atoms with E-state index in [4.69, 9.17) is 5.84 Å². The number of rotatable bonds is 1. The Kier molecular flexibility index (Phi) is 3.30. The minimum absolute atomic E-state index is 0.0710. The van der Waals surface area contributed by atoms with E-state index in [1.165, 1.54) is 6.07 Å². The Hall–Kier alpha value is -1.75. The molecular weight excluding hydrogens is 260 g/mol. The third-order valence-electron chi connectivity index (χ3n) is 4.00. The number of hydrogen-bond donors (Lipinski definition) is 2. The molecule has 1 aliphatic carbocycles. The van der Waals surface area contributed by atoms with Crippen LogP contribution in [-0.2, 0) is 12.8 Å². The van der Waals surface area contributed by atoms with Crippen LogP contribution >= 0.6 is 0 Å². The molecule has 1 aromatic heterocycles. The molecule has 0 radical (unpaired) electrons. The SMILES string of the molecule is Cc1cc(F)c2nc3c(c(NN)c2c1F)CCCCC3. The van der Waals surface area contributed by atoms with Crippen LogP contribution in [0, 0.1) is 18.6 Å². The summed E-state index contributed by atoms with van der Waals surface area (Å²) in [6.45, 7) is 1.55. The molecule has 0 spiro atoms. The number of nitrogens with one attached hydrogen (secondary N) is 1. The standard InChI is InChI=1S/C15H17F2N3/c1-8-7-10(16)15-12(13(8)17)14(20-18)9-5-3-2-4-6-11(9)19-15/h7H,2-6,18H2,1H3,(H,19,20). The molecule has 0 atom stereocenters. The average molecular weight is 277 g/mol. The monoisotopic (exact) mass is 277 g/mol. The highest BCUT2D eigenvalue weighted by atomic mass is 19.1. The van der Waals surface area contributed by atoms with Crippen LogP contribution < -0.4 is 11.3 Å². The van der Waals surface area contributed by atoms with Gasteiger partial charge in [0.25, 0.3) is 0 Å². The van der Waals surface area contributed by atoms with Crippen LogP contribution in [0.25, 0.3) is 10.9 Å². The van der Waals surface area contributed by atoms with E-state index in [1.54, 1.807) is 6.92 Å². The number of nitrogens with two attached hydrogens (primary N) is 1. The molecule has 2 aromatic rings. The fourth-order valence-electron chi connectivity index (χ4n) is 2.98. The molecule has 3 N–H and O–H groups in total. The number of anilines is 1. The fraction of sp³-hybridized carbons (Fsp3) is 0.400. The van der Waals surface area contributed by atoms with E-state index in [1.807, 2.05) is 0 Å². The van der Waals surface area contributed by atoms with Gasteiger partial charge in [-0.05, 0) is 49.8 Å². The Balaban J connectivity index is 2.43. The van der Waals surface area contributed by atoms with Gasteiger partial charge in [0.15, 0.2) is 0 Å². The van der Waals surface area contributed by atoms with Crippen molar-refractivity contribution in [2.45, 2.75) is 39.0 Å². The molecule has 1 aromatic carbocycles. The Morgan fingerprint density at radius 2 is 1.95 bits per heavy atom. The van der Waals surface area contributed by atoms with Crippen molar-refractivity contribution >= 4 is 16.6 Å². The lowest BCUT2D eigenvalue weighted by Gasteiger charge is -2.16. The van der Waals surface area contributed by atoms with Gasteiger partial charge in [0, 0.05) is 5.69 Å². The predicted octanol–water partition coefficient (Wildman–Crippen LogP) is 3.38. The van der Waals surface area contributed by atoms with Crippen molar-refractivity contribution in [3.63, 3.8) is 0 Å². The van der Waals surface area contributed by atoms with Crippen LogP contribution in [-0.4, -0.2) is 4.98 Å². The van der Waals surface area contributed by atoms with Gasteiger partial charge in [0.05, 0.1) is 11.1 Å². The molecule has 1 aliphatic rings. The molecule has 106 valence electrons. The third-order valence-corrected chi connectivity index (χ3v) is 4.00. The van der Waals surface area contributed by atoms with Crippen molar-refractivity contribution in [3.05, 3.63) is 34.5 Å². The molecule has 0 amide bonds. The normalized spacial score (nSPS) is 15.0. The number of hydrazine groups is 1. The summed E-state index contributed by atoms with van der Waals surface area (Å²) in [5, 5.41) is 0.172. The number of pyridine rings is 1. The molecule has 0 saturated carbocycles. The van der Waals surface area contributed by atoms with Crippen molar-refractivity contribution in [3.8, 4) is 0 Å². The number of aryl methyl sites for hydroxylation is 2. The third kappa shape index (κ3) is 1.93. The number of aromatic nitrogens is 1. The molecule has 0 bridgehead atoms. The van der Waals surface area contributed by atoms with Crippen LogP contribution in [0.15, 0.2) is 6.07 Å². The van der Waals surface area contributed by atoms with E-state index in [-0.39, 0.29) is 16.5 Å². The maximum Gasteiger partial charge on any atom is 0.149 e. The van der Waals surface area contributed by atoms with Crippen LogP contribution in [0.2, 0.25) is 0 Å². The summed E-state index contributed by atoms with van der Waals surface area (Å²) in [4.78, 5) is 4.38. The summed E-state index contributed by atoms with van der Waals surface area (Å²) in [7, 11) is 0. The number of fused-ring (bicyclic) bond motifs is 2. The quantitative estimate of drug-likeness (QED) is 0.477. The smallest absolute Gasteiger partial charge is 0.149 e. The van der Waals surface area contributed by atoms with Gasteiger partial charge in [0.2, 0.25) is 0 Å². The van der Waals surface area contributed by atoms with Gasteiger partial charge >= 0.3 is 0 Å². The van der Waals surface area contributed by atoms with E-state index in [9.17, 15) is 8.78 Å². The van der Waals surface area contributed by atoms with Crippen LogP contribution in [0.1, 0.15) is 36.1 Å². The number of nitrogen functional groups attached to an aromatic ring is 1. The lowest BCUT2D eigenvalue weighted by atomic mass is 10.00. The summed E-state index contributed by atoms with van der Waals surface area (Å²) < 4.78 is 28.5. The second-order valence-corrected chi connectivity index (χ2v) is 5.33. The molecule has 0 aliphatic heterocycles.